The number of hydrogen-bond acceptors (Lipinski definition) is 4. The van der Waals surface area contributed by atoms with E-state index in [1.165, 1.54) is 7.11 Å². The van der Waals surface area contributed by atoms with Crippen LogP contribution in [0.25, 0.3) is 16.9 Å². The molecule has 0 aliphatic rings. The predicted octanol–water partition coefficient (Wildman–Crippen LogP) is 2.92. The van der Waals surface area contributed by atoms with Crippen molar-refractivity contribution < 1.29 is 23.4 Å². The van der Waals surface area contributed by atoms with Crippen LogP contribution in [0.15, 0.2) is 42.5 Å². The molecule has 0 amide bonds. The van der Waals surface area contributed by atoms with E-state index in [9.17, 15) is 18.7 Å². The number of ether oxygens (including phenoxy) is 1. The second kappa shape index (κ2) is 6.07. The van der Waals surface area contributed by atoms with Crippen LogP contribution in [0.4, 0.5) is 8.78 Å². The van der Waals surface area contributed by atoms with Gasteiger partial charge in [-0.3, -0.25) is 0 Å². The lowest BCUT2D eigenvalue weighted by molar-refractivity contribution is 0.0691. The van der Waals surface area contributed by atoms with Gasteiger partial charge in [0.15, 0.2) is 5.69 Å². The van der Waals surface area contributed by atoms with Crippen molar-refractivity contribution in [3.05, 3.63) is 59.8 Å². The molecule has 0 radical (unpaired) electrons. The van der Waals surface area contributed by atoms with Gasteiger partial charge in [0.1, 0.15) is 23.1 Å². The van der Waals surface area contributed by atoms with Gasteiger partial charge < -0.3 is 9.84 Å². The average Bonchev–Trinajstić information content (AvgIpc) is 2.99. The van der Waals surface area contributed by atoms with E-state index in [2.05, 4.69) is 10.3 Å². The average molecular weight is 331 g/mol. The van der Waals surface area contributed by atoms with E-state index >= 15 is 0 Å². The van der Waals surface area contributed by atoms with Gasteiger partial charge in [-0.15, -0.1) is 5.10 Å². The van der Waals surface area contributed by atoms with Gasteiger partial charge in [0.25, 0.3) is 0 Å². The zero-order valence-electron chi connectivity index (χ0n) is 12.4. The fraction of sp³-hybridized carbons (Fsp3) is 0.0625. The van der Waals surface area contributed by atoms with E-state index in [1.54, 1.807) is 24.3 Å². The maximum Gasteiger partial charge on any atom is 0.358 e. The summed E-state index contributed by atoms with van der Waals surface area (Å²) in [4.78, 5) is 11.4. The van der Waals surface area contributed by atoms with E-state index in [-0.39, 0.29) is 17.1 Å². The van der Waals surface area contributed by atoms with Gasteiger partial charge in [0.05, 0.1) is 12.8 Å². The van der Waals surface area contributed by atoms with Gasteiger partial charge in [-0.05, 0) is 36.4 Å². The van der Waals surface area contributed by atoms with Gasteiger partial charge in [-0.1, -0.05) is 5.21 Å². The minimum atomic E-state index is -1.30. The number of hydrogen-bond donors (Lipinski definition) is 1. The lowest BCUT2D eigenvalue weighted by Crippen LogP contribution is -2.04. The molecule has 24 heavy (non-hydrogen) atoms. The van der Waals surface area contributed by atoms with Crippen LogP contribution in [0, 0.1) is 11.6 Å². The Morgan fingerprint density at radius 3 is 2.29 bits per heavy atom. The highest BCUT2D eigenvalue weighted by Gasteiger charge is 2.22. The van der Waals surface area contributed by atoms with Crippen molar-refractivity contribution >= 4 is 5.97 Å². The minimum Gasteiger partial charge on any atom is -0.497 e. The molecule has 0 saturated carbocycles. The summed E-state index contributed by atoms with van der Waals surface area (Å²) in [5.74, 6) is -2.34. The summed E-state index contributed by atoms with van der Waals surface area (Å²) in [5.41, 5.74) is 0.265. The first-order valence-corrected chi connectivity index (χ1v) is 6.79. The summed E-state index contributed by atoms with van der Waals surface area (Å²) >= 11 is 0. The zero-order valence-corrected chi connectivity index (χ0v) is 12.4. The third kappa shape index (κ3) is 2.81. The van der Waals surface area contributed by atoms with Gasteiger partial charge in [-0.2, -0.15) is 0 Å². The van der Waals surface area contributed by atoms with E-state index in [4.69, 9.17) is 4.74 Å². The fourth-order valence-corrected chi connectivity index (χ4v) is 2.28. The third-order valence-corrected chi connectivity index (χ3v) is 3.33. The number of aromatic nitrogens is 3. The molecular formula is C16H11F2N3O3. The number of rotatable bonds is 4. The van der Waals surface area contributed by atoms with Crippen LogP contribution in [-0.2, 0) is 0 Å². The second-order valence-corrected chi connectivity index (χ2v) is 4.86. The Morgan fingerprint density at radius 1 is 1.12 bits per heavy atom. The number of carboxylic acid groups (broad SMARTS) is 1. The van der Waals surface area contributed by atoms with Gasteiger partial charge in [0, 0.05) is 11.6 Å². The molecule has 0 aliphatic heterocycles. The zero-order chi connectivity index (χ0) is 17.3. The molecule has 1 N–H and O–H groups in total. The number of carbonyl (C=O) groups is 1. The van der Waals surface area contributed by atoms with Crippen molar-refractivity contribution in [2.45, 2.75) is 0 Å². The summed E-state index contributed by atoms with van der Waals surface area (Å²) < 4.78 is 33.1. The molecule has 8 heteroatoms. The summed E-state index contributed by atoms with van der Waals surface area (Å²) in [6.07, 6.45) is 0. The number of methoxy groups -OCH3 is 1. The normalized spacial score (nSPS) is 10.6. The van der Waals surface area contributed by atoms with Crippen molar-refractivity contribution in [3.63, 3.8) is 0 Å². The highest BCUT2D eigenvalue weighted by atomic mass is 19.1. The molecule has 0 saturated heterocycles. The maximum absolute atomic E-state index is 13.5. The SMILES string of the molecule is COc1ccc(-c2c(C(=O)O)nnn2-c2cc(F)cc(F)c2)cc1. The van der Waals surface area contributed by atoms with Crippen LogP contribution in [0.1, 0.15) is 10.5 Å². The molecular weight excluding hydrogens is 320 g/mol. The van der Waals surface area contributed by atoms with Crippen molar-refractivity contribution in [1.82, 2.24) is 15.0 Å². The maximum atomic E-state index is 13.5. The molecule has 0 bridgehead atoms. The van der Waals surface area contributed by atoms with Crippen molar-refractivity contribution in [1.29, 1.82) is 0 Å². The lowest BCUT2D eigenvalue weighted by atomic mass is 10.1. The van der Waals surface area contributed by atoms with Crippen LogP contribution in [0.2, 0.25) is 0 Å². The van der Waals surface area contributed by atoms with Crippen LogP contribution in [0.3, 0.4) is 0 Å². The van der Waals surface area contributed by atoms with E-state index < -0.39 is 17.6 Å². The largest absolute Gasteiger partial charge is 0.497 e. The summed E-state index contributed by atoms with van der Waals surface area (Å²) in [6.45, 7) is 0. The smallest absolute Gasteiger partial charge is 0.358 e. The number of nitrogens with zero attached hydrogens (tertiary/aromatic N) is 3. The lowest BCUT2D eigenvalue weighted by Gasteiger charge is -2.08. The van der Waals surface area contributed by atoms with E-state index in [0.29, 0.717) is 17.4 Å². The Bertz CT molecular complexity index is 887. The third-order valence-electron chi connectivity index (χ3n) is 3.33. The van der Waals surface area contributed by atoms with Crippen molar-refractivity contribution in [2.24, 2.45) is 0 Å². The van der Waals surface area contributed by atoms with Gasteiger partial charge in [0.2, 0.25) is 0 Å². The van der Waals surface area contributed by atoms with Crippen molar-refractivity contribution in [3.8, 4) is 22.7 Å². The molecule has 2 aromatic carbocycles. The highest BCUT2D eigenvalue weighted by Crippen LogP contribution is 2.27. The molecule has 0 spiro atoms. The predicted molar refractivity (Wildman–Crippen MR) is 80.2 cm³/mol. The molecule has 1 heterocycles. The number of aromatic carboxylic acids is 1. The first-order chi connectivity index (χ1) is 11.5. The molecule has 122 valence electrons. The Balaban J connectivity index is 2.22. The Kier molecular flexibility index (Phi) is 3.95. The number of carboxylic acids is 1. The summed E-state index contributed by atoms with van der Waals surface area (Å²) in [6, 6.07) is 9.26. The summed E-state index contributed by atoms with van der Waals surface area (Å²) in [5, 5.41) is 16.6. The second-order valence-electron chi connectivity index (χ2n) is 4.86. The first-order valence-electron chi connectivity index (χ1n) is 6.79. The summed E-state index contributed by atoms with van der Waals surface area (Å²) in [7, 11) is 1.50. The quantitative estimate of drug-likeness (QED) is 0.795. The van der Waals surface area contributed by atoms with Crippen LogP contribution in [0.5, 0.6) is 5.75 Å². The molecule has 1 aromatic heterocycles. The van der Waals surface area contributed by atoms with Crippen LogP contribution in [-0.4, -0.2) is 33.2 Å². The molecule has 0 unspecified atom stereocenters. The van der Waals surface area contributed by atoms with Crippen molar-refractivity contribution in [2.75, 3.05) is 7.11 Å². The Hall–Kier alpha value is -3.29. The molecule has 0 fully saturated rings. The Morgan fingerprint density at radius 2 is 1.75 bits per heavy atom. The van der Waals surface area contributed by atoms with Crippen LogP contribution < -0.4 is 4.74 Å². The fourth-order valence-electron chi connectivity index (χ4n) is 2.28. The van der Waals surface area contributed by atoms with Gasteiger partial charge >= 0.3 is 5.97 Å². The Labute approximate surface area is 134 Å². The molecule has 6 nitrogen and oxygen atoms in total. The molecule has 0 atom stereocenters. The van der Waals surface area contributed by atoms with E-state index in [1.807, 2.05) is 0 Å². The first kappa shape index (κ1) is 15.6. The monoisotopic (exact) mass is 331 g/mol. The van der Waals surface area contributed by atoms with Gasteiger partial charge in [-0.25, -0.2) is 18.3 Å². The molecule has 3 aromatic rings. The molecule has 3 rings (SSSR count). The molecule has 0 aliphatic carbocycles. The standard InChI is InChI=1S/C16H11F2N3O3/c1-24-13-4-2-9(3-5-13)15-14(16(22)23)19-20-21(15)12-7-10(17)6-11(18)8-12/h2-8H,1H3,(H,22,23). The minimum absolute atomic E-state index is 0.0262. The number of halogens is 2. The topological polar surface area (TPSA) is 77.2 Å². The number of benzene rings is 2. The van der Waals surface area contributed by atoms with Crippen LogP contribution >= 0.6 is 0 Å². The highest BCUT2D eigenvalue weighted by molar-refractivity contribution is 5.93. The van der Waals surface area contributed by atoms with E-state index in [0.717, 1.165) is 16.8 Å².